The zero-order valence-electron chi connectivity index (χ0n) is 13.3. The number of benzene rings is 1. The van der Waals surface area contributed by atoms with Crippen LogP contribution in [-0.4, -0.2) is 40.6 Å². The number of sulfone groups is 1. The smallest absolute Gasteiger partial charge is 0.147 e. The molecule has 1 N–H and O–H groups in total. The van der Waals surface area contributed by atoms with Crippen molar-refractivity contribution in [3.63, 3.8) is 0 Å². The van der Waals surface area contributed by atoms with Gasteiger partial charge in [-0.2, -0.15) is 0 Å². The van der Waals surface area contributed by atoms with Gasteiger partial charge in [-0.25, -0.2) is 8.42 Å². The molecule has 21 heavy (non-hydrogen) atoms. The fourth-order valence-electron chi connectivity index (χ4n) is 2.27. The third-order valence-corrected chi connectivity index (χ3v) is 4.39. The molecule has 0 aromatic heterocycles. The first-order valence-electron chi connectivity index (χ1n) is 7.46. The van der Waals surface area contributed by atoms with E-state index in [9.17, 15) is 8.42 Å². The molecule has 1 unspecified atom stereocenters. The van der Waals surface area contributed by atoms with E-state index in [4.69, 9.17) is 4.74 Å². The van der Waals surface area contributed by atoms with Crippen LogP contribution in [0.4, 0.5) is 0 Å². The number of hydrogen-bond donors (Lipinski definition) is 1. The summed E-state index contributed by atoms with van der Waals surface area (Å²) in [5.41, 5.74) is 1.19. The summed E-state index contributed by atoms with van der Waals surface area (Å²) in [5, 5.41) is 3.39. The van der Waals surface area contributed by atoms with Gasteiger partial charge in [-0.3, -0.25) is 0 Å². The third-order valence-electron chi connectivity index (χ3n) is 3.42. The van der Waals surface area contributed by atoms with Gasteiger partial charge in [0.05, 0.1) is 12.9 Å². The number of rotatable bonds is 10. The van der Waals surface area contributed by atoms with Crippen LogP contribution in [0.5, 0.6) is 5.75 Å². The second-order valence-corrected chi connectivity index (χ2v) is 7.80. The van der Waals surface area contributed by atoms with Crippen LogP contribution in [-0.2, 0) is 16.3 Å². The zero-order chi connectivity index (χ0) is 15.7. The minimum atomic E-state index is -2.91. The molecule has 0 bridgehead atoms. The van der Waals surface area contributed by atoms with Crippen molar-refractivity contribution in [1.82, 2.24) is 5.32 Å². The third kappa shape index (κ3) is 8.07. The Labute approximate surface area is 128 Å². The standard InChI is InChI=1S/C16H27NO3S/c1-4-9-17-13-15(8-10-21(3,18)19)11-14-6-5-7-16(12-14)20-2/h5-7,12,15,17H,4,8-11,13H2,1-3H3. The minimum Gasteiger partial charge on any atom is -0.497 e. The van der Waals surface area contributed by atoms with E-state index in [0.29, 0.717) is 12.3 Å². The number of ether oxygens (including phenoxy) is 1. The Morgan fingerprint density at radius 2 is 2.10 bits per heavy atom. The van der Waals surface area contributed by atoms with Crippen LogP contribution in [0.3, 0.4) is 0 Å². The van der Waals surface area contributed by atoms with E-state index >= 15 is 0 Å². The first-order valence-corrected chi connectivity index (χ1v) is 9.52. The van der Waals surface area contributed by atoms with Crippen molar-refractivity contribution >= 4 is 9.84 Å². The van der Waals surface area contributed by atoms with Crippen molar-refractivity contribution in [1.29, 1.82) is 0 Å². The molecule has 0 heterocycles. The maximum Gasteiger partial charge on any atom is 0.147 e. The monoisotopic (exact) mass is 313 g/mol. The average Bonchev–Trinajstić information content (AvgIpc) is 2.44. The molecule has 5 heteroatoms. The Kier molecular flexibility index (Phi) is 7.75. The Hall–Kier alpha value is -1.07. The van der Waals surface area contributed by atoms with Gasteiger partial charge in [0, 0.05) is 6.26 Å². The van der Waals surface area contributed by atoms with Gasteiger partial charge in [0.15, 0.2) is 0 Å². The van der Waals surface area contributed by atoms with Gasteiger partial charge in [0.25, 0.3) is 0 Å². The van der Waals surface area contributed by atoms with Crippen LogP contribution in [0.1, 0.15) is 25.3 Å². The molecule has 0 aliphatic heterocycles. The fourth-order valence-corrected chi connectivity index (χ4v) is 3.03. The number of nitrogens with one attached hydrogen (secondary N) is 1. The summed E-state index contributed by atoms with van der Waals surface area (Å²) in [6.45, 7) is 3.94. The zero-order valence-corrected chi connectivity index (χ0v) is 14.1. The van der Waals surface area contributed by atoms with Gasteiger partial charge in [0.1, 0.15) is 15.6 Å². The van der Waals surface area contributed by atoms with Crippen molar-refractivity contribution in [3.05, 3.63) is 29.8 Å². The highest BCUT2D eigenvalue weighted by Crippen LogP contribution is 2.18. The van der Waals surface area contributed by atoms with Crippen molar-refractivity contribution in [3.8, 4) is 5.75 Å². The minimum absolute atomic E-state index is 0.245. The van der Waals surface area contributed by atoms with Crippen LogP contribution in [0, 0.1) is 5.92 Å². The molecule has 1 aromatic rings. The van der Waals surface area contributed by atoms with E-state index < -0.39 is 9.84 Å². The molecule has 0 saturated heterocycles. The molecule has 0 fully saturated rings. The van der Waals surface area contributed by atoms with E-state index in [0.717, 1.165) is 31.7 Å². The molecule has 120 valence electrons. The lowest BCUT2D eigenvalue weighted by atomic mass is 9.96. The molecule has 0 amide bonds. The fraction of sp³-hybridized carbons (Fsp3) is 0.625. The Balaban J connectivity index is 2.65. The highest BCUT2D eigenvalue weighted by Gasteiger charge is 2.13. The number of hydrogen-bond acceptors (Lipinski definition) is 4. The summed E-state index contributed by atoms with van der Waals surface area (Å²) in [6, 6.07) is 7.98. The second kappa shape index (κ2) is 9.05. The van der Waals surface area contributed by atoms with Crippen molar-refractivity contribution in [2.45, 2.75) is 26.2 Å². The van der Waals surface area contributed by atoms with Crippen molar-refractivity contribution in [2.24, 2.45) is 5.92 Å². The molecule has 0 spiro atoms. The van der Waals surface area contributed by atoms with Crippen LogP contribution >= 0.6 is 0 Å². The van der Waals surface area contributed by atoms with Gasteiger partial charge in [-0.05, 0) is 56.0 Å². The molecule has 1 rings (SSSR count). The van der Waals surface area contributed by atoms with Crippen LogP contribution in [0.25, 0.3) is 0 Å². The SMILES string of the molecule is CCCNCC(CCS(C)(=O)=O)Cc1cccc(OC)c1. The molecule has 1 aromatic carbocycles. The Morgan fingerprint density at radius 3 is 2.71 bits per heavy atom. The van der Waals surface area contributed by atoms with E-state index in [1.807, 2.05) is 18.2 Å². The average molecular weight is 313 g/mol. The molecule has 1 atom stereocenters. The van der Waals surface area contributed by atoms with E-state index in [-0.39, 0.29) is 5.75 Å². The topological polar surface area (TPSA) is 55.4 Å². The normalized spacial score (nSPS) is 13.1. The molecular weight excluding hydrogens is 286 g/mol. The molecule has 4 nitrogen and oxygen atoms in total. The largest absolute Gasteiger partial charge is 0.497 e. The maximum absolute atomic E-state index is 11.4. The van der Waals surface area contributed by atoms with Gasteiger partial charge in [-0.1, -0.05) is 19.1 Å². The van der Waals surface area contributed by atoms with Gasteiger partial charge in [-0.15, -0.1) is 0 Å². The first-order chi connectivity index (χ1) is 9.94. The first kappa shape index (κ1) is 18.0. The predicted molar refractivity (Wildman–Crippen MR) is 87.7 cm³/mol. The lowest BCUT2D eigenvalue weighted by Gasteiger charge is -2.17. The van der Waals surface area contributed by atoms with E-state index in [2.05, 4.69) is 18.3 Å². The summed E-state index contributed by atoms with van der Waals surface area (Å²) in [4.78, 5) is 0. The molecular formula is C16H27NO3S. The van der Waals surface area contributed by atoms with Crippen LogP contribution < -0.4 is 10.1 Å². The summed E-state index contributed by atoms with van der Waals surface area (Å²) >= 11 is 0. The lowest BCUT2D eigenvalue weighted by molar-refractivity contribution is 0.412. The second-order valence-electron chi connectivity index (χ2n) is 5.54. The summed E-state index contributed by atoms with van der Waals surface area (Å²) in [6.07, 6.45) is 3.93. The summed E-state index contributed by atoms with van der Waals surface area (Å²) < 4.78 is 28.0. The molecule has 0 aliphatic carbocycles. The summed E-state index contributed by atoms with van der Waals surface area (Å²) in [5.74, 6) is 1.41. The maximum atomic E-state index is 11.4. The van der Waals surface area contributed by atoms with E-state index in [1.165, 1.54) is 11.8 Å². The predicted octanol–water partition coefficient (Wildman–Crippen LogP) is 2.29. The highest BCUT2D eigenvalue weighted by atomic mass is 32.2. The Bertz CT molecular complexity index is 514. The van der Waals surface area contributed by atoms with Crippen molar-refractivity contribution in [2.75, 3.05) is 32.2 Å². The lowest BCUT2D eigenvalue weighted by Crippen LogP contribution is -2.26. The quantitative estimate of drug-likeness (QED) is 0.673. The van der Waals surface area contributed by atoms with Gasteiger partial charge >= 0.3 is 0 Å². The molecule has 0 radical (unpaired) electrons. The van der Waals surface area contributed by atoms with Gasteiger partial charge in [0.2, 0.25) is 0 Å². The van der Waals surface area contributed by atoms with Gasteiger partial charge < -0.3 is 10.1 Å². The van der Waals surface area contributed by atoms with E-state index in [1.54, 1.807) is 7.11 Å². The van der Waals surface area contributed by atoms with Crippen molar-refractivity contribution < 1.29 is 13.2 Å². The summed E-state index contributed by atoms with van der Waals surface area (Å²) in [7, 11) is -1.25. The highest BCUT2D eigenvalue weighted by molar-refractivity contribution is 7.90. The number of methoxy groups -OCH3 is 1. The Morgan fingerprint density at radius 1 is 1.33 bits per heavy atom. The molecule has 0 aliphatic rings. The molecule has 0 saturated carbocycles. The van der Waals surface area contributed by atoms with Crippen LogP contribution in [0.2, 0.25) is 0 Å². The van der Waals surface area contributed by atoms with Crippen LogP contribution in [0.15, 0.2) is 24.3 Å².